The van der Waals surface area contributed by atoms with E-state index < -0.39 is 5.38 Å². The summed E-state index contributed by atoms with van der Waals surface area (Å²) in [6.45, 7) is 7.91. The monoisotopic (exact) mass is 191 g/mol. The Morgan fingerprint density at radius 1 is 1.42 bits per heavy atom. The Morgan fingerprint density at radius 3 is 2.25 bits per heavy atom. The molecule has 0 aliphatic heterocycles. The Labute approximate surface area is 79.7 Å². The molecule has 0 heterocycles. The molecule has 0 aliphatic carbocycles. The van der Waals surface area contributed by atoms with E-state index in [2.05, 4.69) is 19.2 Å². The average Bonchev–Trinajstić information content (AvgIpc) is 2.02. The van der Waals surface area contributed by atoms with E-state index in [4.69, 9.17) is 11.6 Å². The minimum Gasteiger partial charge on any atom is -0.352 e. The number of amides is 1. The third-order valence-corrected chi connectivity index (χ3v) is 2.43. The van der Waals surface area contributed by atoms with Gasteiger partial charge in [0, 0.05) is 6.04 Å². The van der Waals surface area contributed by atoms with Crippen molar-refractivity contribution in [3.63, 3.8) is 0 Å². The lowest BCUT2D eigenvalue weighted by Gasteiger charge is -2.20. The molecule has 0 saturated carbocycles. The summed E-state index contributed by atoms with van der Waals surface area (Å²) < 4.78 is 0. The van der Waals surface area contributed by atoms with E-state index in [0.29, 0.717) is 5.92 Å². The highest BCUT2D eigenvalue weighted by atomic mass is 35.5. The van der Waals surface area contributed by atoms with Gasteiger partial charge in [-0.1, -0.05) is 20.3 Å². The van der Waals surface area contributed by atoms with Gasteiger partial charge in [0.15, 0.2) is 0 Å². The molecular formula is C9H18ClNO. The van der Waals surface area contributed by atoms with E-state index >= 15 is 0 Å². The summed E-state index contributed by atoms with van der Waals surface area (Å²) in [4.78, 5) is 11.1. The second-order valence-electron chi connectivity index (χ2n) is 3.30. The van der Waals surface area contributed by atoms with Gasteiger partial charge in [-0.25, -0.2) is 0 Å². The Kier molecular flexibility index (Phi) is 5.31. The number of hydrogen-bond acceptors (Lipinski definition) is 1. The molecule has 2 nitrogen and oxygen atoms in total. The van der Waals surface area contributed by atoms with Gasteiger partial charge in [0.1, 0.15) is 5.38 Å². The summed E-state index contributed by atoms with van der Waals surface area (Å²) in [7, 11) is 0. The molecular weight excluding hydrogens is 174 g/mol. The van der Waals surface area contributed by atoms with Gasteiger partial charge in [-0.2, -0.15) is 0 Å². The molecule has 0 aromatic heterocycles. The molecule has 0 aromatic carbocycles. The summed E-state index contributed by atoms with van der Waals surface area (Å²) >= 11 is 5.61. The molecule has 0 bridgehead atoms. The van der Waals surface area contributed by atoms with E-state index in [0.717, 1.165) is 6.42 Å². The highest BCUT2D eigenvalue weighted by Gasteiger charge is 2.15. The van der Waals surface area contributed by atoms with Crippen LogP contribution in [-0.2, 0) is 4.79 Å². The van der Waals surface area contributed by atoms with Crippen molar-refractivity contribution >= 4 is 17.5 Å². The predicted octanol–water partition coefficient (Wildman–Crippen LogP) is 2.16. The molecule has 0 aliphatic rings. The van der Waals surface area contributed by atoms with E-state index in [9.17, 15) is 4.79 Å². The van der Waals surface area contributed by atoms with Crippen molar-refractivity contribution in [2.45, 2.75) is 45.5 Å². The average molecular weight is 192 g/mol. The molecule has 0 radical (unpaired) electrons. The van der Waals surface area contributed by atoms with Crippen LogP contribution in [0.5, 0.6) is 0 Å². The molecule has 0 rings (SSSR count). The number of carbonyl (C=O) groups is 1. The lowest BCUT2D eigenvalue weighted by molar-refractivity contribution is -0.121. The van der Waals surface area contributed by atoms with Crippen molar-refractivity contribution in [2.75, 3.05) is 0 Å². The van der Waals surface area contributed by atoms with Crippen LogP contribution >= 0.6 is 11.6 Å². The second-order valence-corrected chi connectivity index (χ2v) is 3.95. The molecule has 3 unspecified atom stereocenters. The first-order chi connectivity index (χ1) is 5.49. The largest absolute Gasteiger partial charge is 0.352 e. The second kappa shape index (κ2) is 5.41. The van der Waals surface area contributed by atoms with Crippen LogP contribution in [0.1, 0.15) is 34.1 Å². The van der Waals surface area contributed by atoms with E-state index in [1.165, 1.54) is 0 Å². The van der Waals surface area contributed by atoms with Crippen LogP contribution in [0.4, 0.5) is 0 Å². The summed E-state index contributed by atoms with van der Waals surface area (Å²) in [5.74, 6) is 0.425. The van der Waals surface area contributed by atoms with Crippen molar-refractivity contribution in [1.29, 1.82) is 0 Å². The summed E-state index contributed by atoms with van der Waals surface area (Å²) in [6.07, 6.45) is 1.07. The van der Waals surface area contributed by atoms with Crippen LogP contribution in [0.25, 0.3) is 0 Å². The van der Waals surface area contributed by atoms with Gasteiger partial charge < -0.3 is 5.32 Å². The quantitative estimate of drug-likeness (QED) is 0.679. The molecule has 0 fully saturated rings. The number of carbonyl (C=O) groups excluding carboxylic acids is 1. The molecule has 12 heavy (non-hydrogen) atoms. The highest BCUT2D eigenvalue weighted by molar-refractivity contribution is 6.30. The number of alkyl halides is 1. The molecule has 72 valence electrons. The maximum absolute atomic E-state index is 11.1. The molecule has 0 spiro atoms. The Balaban J connectivity index is 3.83. The maximum atomic E-state index is 11.1. The molecule has 3 heteroatoms. The highest BCUT2D eigenvalue weighted by Crippen LogP contribution is 2.07. The van der Waals surface area contributed by atoms with Crippen molar-refractivity contribution < 1.29 is 4.79 Å². The predicted molar refractivity (Wildman–Crippen MR) is 52.4 cm³/mol. The van der Waals surface area contributed by atoms with Crippen LogP contribution in [0.2, 0.25) is 0 Å². The fraction of sp³-hybridized carbons (Fsp3) is 0.889. The van der Waals surface area contributed by atoms with Crippen LogP contribution in [0.15, 0.2) is 0 Å². The third-order valence-electron chi connectivity index (χ3n) is 2.23. The van der Waals surface area contributed by atoms with E-state index in [-0.39, 0.29) is 11.9 Å². The van der Waals surface area contributed by atoms with Crippen molar-refractivity contribution in [1.82, 2.24) is 5.32 Å². The first kappa shape index (κ1) is 11.8. The normalized spacial score (nSPS) is 18.1. The molecule has 0 saturated heterocycles. The Bertz CT molecular complexity index is 147. The van der Waals surface area contributed by atoms with Gasteiger partial charge in [0.2, 0.25) is 5.91 Å². The fourth-order valence-corrected chi connectivity index (χ4v) is 0.898. The lowest BCUT2D eigenvalue weighted by atomic mass is 10.0. The van der Waals surface area contributed by atoms with Crippen LogP contribution in [0.3, 0.4) is 0 Å². The van der Waals surface area contributed by atoms with Crippen LogP contribution in [-0.4, -0.2) is 17.3 Å². The van der Waals surface area contributed by atoms with E-state index in [1.807, 2.05) is 6.92 Å². The van der Waals surface area contributed by atoms with Crippen molar-refractivity contribution in [3.05, 3.63) is 0 Å². The van der Waals surface area contributed by atoms with Crippen LogP contribution in [0, 0.1) is 5.92 Å². The van der Waals surface area contributed by atoms with Crippen molar-refractivity contribution in [3.8, 4) is 0 Å². The number of hydrogen-bond donors (Lipinski definition) is 1. The first-order valence-corrected chi connectivity index (χ1v) is 4.87. The summed E-state index contributed by atoms with van der Waals surface area (Å²) in [6, 6.07) is 0.212. The van der Waals surface area contributed by atoms with Gasteiger partial charge in [0.25, 0.3) is 0 Å². The number of halogens is 1. The zero-order chi connectivity index (χ0) is 9.72. The minimum absolute atomic E-state index is 0.0792. The standard InChI is InChI=1S/C9H18ClNO/c1-5-6(2)8(4)11-9(12)7(3)10/h6-8H,5H2,1-4H3,(H,11,12). The maximum Gasteiger partial charge on any atom is 0.237 e. The van der Waals surface area contributed by atoms with Crippen LogP contribution < -0.4 is 5.32 Å². The number of rotatable bonds is 4. The van der Waals surface area contributed by atoms with Gasteiger partial charge in [-0.05, 0) is 19.8 Å². The smallest absolute Gasteiger partial charge is 0.237 e. The molecule has 3 atom stereocenters. The third kappa shape index (κ3) is 3.96. The SMILES string of the molecule is CCC(C)C(C)NC(=O)C(C)Cl. The lowest BCUT2D eigenvalue weighted by Crippen LogP contribution is -2.40. The van der Waals surface area contributed by atoms with Gasteiger partial charge in [-0.3, -0.25) is 4.79 Å². The zero-order valence-corrected chi connectivity index (χ0v) is 8.98. The minimum atomic E-state index is -0.434. The molecule has 1 amide bonds. The Morgan fingerprint density at radius 2 is 1.92 bits per heavy atom. The number of nitrogens with one attached hydrogen (secondary N) is 1. The van der Waals surface area contributed by atoms with E-state index in [1.54, 1.807) is 6.92 Å². The first-order valence-electron chi connectivity index (χ1n) is 4.43. The topological polar surface area (TPSA) is 29.1 Å². The van der Waals surface area contributed by atoms with Gasteiger partial charge >= 0.3 is 0 Å². The Hall–Kier alpha value is -0.240. The molecule has 1 N–H and O–H groups in total. The fourth-order valence-electron chi connectivity index (χ4n) is 0.835. The van der Waals surface area contributed by atoms with Gasteiger partial charge in [-0.15, -0.1) is 11.6 Å². The summed E-state index contributed by atoms with van der Waals surface area (Å²) in [5, 5.41) is 2.43. The van der Waals surface area contributed by atoms with Crippen molar-refractivity contribution in [2.24, 2.45) is 5.92 Å². The zero-order valence-electron chi connectivity index (χ0n) is 8.23. The summed E-state index contributed by atoms with van der Waals surface area (Å²) in [5.41, 5.74) is 0. The van der Waals surface area contributed by atoms with Gasteiger partial charge in [0.05, 0.1) is 0 Å². The molecule has 0 aromatic rings.